The lowest BCUT2D eigenvalue weighted by Gasteiger charge is -2.35. The summed E-state index contributed by atoms with van der Waals surface area (Å²) in [6.45, 7) is 1.96. The van der Waals surface area contributed by atoms with Crippen LogP contribution < -0.4 is 10.2 Å². The number of likely N-dealkylation sites (N-methyl/N-ethyl adjacent to an activating group) is 1. The molecule has 7 nitrogen and oxygen atoms in total. The number of aromatic amines is 1. The van der Waals surface area contributed by atoms with Crippen molar-refractivity contribution in [1.82, 2.24) is 20.2 Å². The summed E-state index contributed by atoms with van der Waals surface area (Å²) in [5.41, 5.74) is 6.34. The van der Waals surface area contributed by atoms with Gasteiger partial charge in [0.2, 0.25) is 5.91 Å². The molecule has 0 saturated heterocycles. The number of benzene rings is 1. The summed E-state index contributed by atoms with van der Waals surface area (Å²) in [7, 11) is 1.95. The van der Waals surface area contributed by atoms with Crippen LogP contribution in [-0.4, -0.2) is 39.2 Å². The highest BCUT2D eigenvalue weighted by molar-refractivity contribution is 6.08. The second kappa shape index (κ2) is 6.70. The molecule has 2 N–H and O–H groups in total. The lowest BCUT2D eigenvalue weighted by molar-refractivity contribution is -0.117. The van der Waals surface area contributed by atoms with Gasteiger partial charge in [0.1, 0.15) is 11.7 Å². The number of pyridine rings is 2. The number of nitrogens with zero attached hydrogens (tertiary/aromatic N) is 4. The van der Waals surface area contributed by atoms with Gasteiger partial charge in [-0.25, -0.2) is 0 Å². The third-order valence-electron chi connectivity index (χ3n) is 5.39. The van der Waals surface area contributed by atoms with E-state index in [0.717, 1.165) is 44.9 Å². The molecule has 7 heteroatoms. The summed E-state index contributed by atoms with van der Waals surface area (Å²) in [4.78, 5) is 23.5. The van der Waals surface area contributed by atoms with Crippen LogP contribution in [0.25, 0.3) is 22.2 Å². The quantitative estimate of drug-likeness (QED) is 0.566. The first-order chi connectivity index (χ1) is 14.1. The number of nitrogens with one attached hydrogen (secondary N) is 2. The third kappa shape index (κ3) is 3.00. The number of anilines is 2. The van der Waals surface area contributed by atoms with Crippen LogP contribution in [0.1, 0.15) is 11.4 Å². The molecule has 5 rings (SSSR count). The molecule has 0 fully saturated rings. The number of hydrogen-bond acceptors (Lipinski definition) is 5. The van der Waals surface area contributed by atoms with Crippen LogP contribution in [-0.2, 0) is 11.2 Å². The molecule has 3 aromatic heterocycles. The van der Waals surface area contributed by atoms with Gasteiger partial charge in [-0.2, -0.15) is 5.10 Å². The Kier molecular flexibility index (Phi) is 4.01. The Morgan fingerprint density at radius 3 is 2.76 bits per heavy atom. The molecule has 0 spiro atoms. The van der Waals surface area contributed by atoms with Crippen molar-refractivity contribution in [2.45, 2.75) is 19.4 Å². The second-order valence-corrected chi connectivity index (χ2v) is 7.31. The van der Waals surface area contributed by atoms with E-state index in [9.17, 15) is 4.79 Å². The molecule has 29 heavy (non-hydrogen) atoms. The maximum Gasteiger partial charge on any atom is 0.247 e. The molecule has 1 unspecified atom stereocenters. The van der Waals surface area contributed by atoms with Gasteiger partial charge in [-0.05, 0) is 43.3 Å². The fourth-order valence-electron chi connectivity index (χ4n) is 3.88. The van der Waals surface area contributed by atoms with Gasteiger partial charge in [-0.15, -0.1) is 0 Å². The molecular weight excluding hydrogens is 364 g/mol. The van der Waals surface area contributed by atoms with Crippen molar-refractivity contribution in [3.05, 3.63) is 66.2 Å². The molecule has 0 saturated carbocycles. The van der Waals surface area contributed by atoms with Crippen LogP contribution in [0, 0.1) is 6.92 Å². The topological polar surface area (TPSA) is 86.8 Å². The van der Waals surface area contributed by atoms with E-state index in [1.165, 1.54) is 0 Å². The van der Waals surface area contributed by atoms with E-state index in [-0.39, 0.29) is 11.9 Å². The summed E-state index contributed by atoms with van der Waals surface area (Å²) in [6, 6.07) is 13.5. The molecule has 0 radical (unpaired) electrons. The number of aromatic nitrogens is 4. The number of H-pyrrole nitrogens is 1. The third-order valence-corrected chi connectivity index (χ3v) is 5.39. The van der Waals surface area contributed by atoms with Crippen LogP contribution in [0.4, 0.5) is 11.4 Å². The minimum atomic E-state index is -0.328. The number of aryl methyl sites for hydroxylation is 1. The van der Waals surface area contributed by atoms with Crippen molar-refractivity contribution < 1.29 is 4.79 Å². The number of carbonyl (C=O) groups is 1. The Hall–Kier alpha value is -3.74. The summed E-state index contributed by atoms with van der Waals surface area (Å²) < 4.78 is 0. The Labute approximate surface area is 167 Å². The first-order valence-corrected chi connectivity index (χ1v) is 9.49. The number of amides is 1. The van der Waals surface area contributed by atoms with Crippen molar-refractivity contribution in [3.8, 4) is 11.3 Å². The van der Waals surface area contributed by atoms with E-state index in [2.05, 4.69) is 31.5 Å². The minimum Gasteiger partial charge on any atom is -0.361 e. The number of carbonyl (C=O) groups excluding carboxylic acids is 1. The van der Waals surface area contributed by atoms with Crippen molar-refractivity contribution in [1.29, 1.82) is 0 Å². The molecule has 0 aliphatic carbocycles. The summed E-state index contributed by atoms with van der Waals surface area (Å²) in [5.74, 6) is -0.0310. The van der Waals surface area contributed by atoms with Gasteiger partial charge in [0.25, 0.3) is 0 Å². The van der Waals surface area contributed by atoms with Gasteiger partial charge in [0.15, 0.2) is 0 Å². The van der Waals surface area contributed by atoms with Gasteiger partial charge in [0, 0.05) is 48.2 Å². The van der Waals surface area contributed by atoms with E-state index in [0.29, 0.717) is 6.42 Å². The zero-order valence-corrected chi connectivity index (χ0v) is 16.2. The average Bonchev–Trinajstić information content (AvgIpc) is 3.13. The SMILES string of the molecule is Cc1cccc(CC2C(=O)Nc3cc4[nH]nc(-c5ccncc5)c4cc3N2C)n1. The van der Waals surface area contributed by atoms with E-state index in [4.69, 9.17) is 0 Å². The monoisotopic (exact) mass is 384 g/mol. The Bertz CT molecular complexity index is 1220. The zero-order valence-electron chi connectivity index (χ0n) is 16.2. The predicted octanol–water partition coefficient (Wildman–Crippen LogP) is 3.33. The summed E-state index contributed by atoms with van der Waals surface area (Å²) >= 11 is 0. The van der Waals surface area contributed by atoms with Crippen LogP contribution >= 0.6 is 0 Å². The van der Waals surface area contributed by atoms with Crippen molar-refractivity contribution in [2.24, 2.45) is 0 Å². The first kappa shape index (κ1) is 17.4. The fourth-order valence-corrected chi connectivity index (χ4v) is 3.88. The van der Waals surface area contributed by atoms with Crippen molar-refractivity contribution in [2.75, 3.05) is 17.3 Å². The normalized spacial score (nSPS) is 16.0. The minimum absolute atomic E-state index is 0.0310. The summed E-state index contributed by atoms with van der Waals surface area (Å²) in [6.07, 6.45) is 4.06. The van der Waals surface area contributed by atoms with Gasteiger partial charge >= 0.3 is 0 Å². The van der Waals surface area contributed by atoms with E-state index >= 15 is 0 Å². The molecule has 1 aliphatic heterocycles. The van der Waals surface area contributed by atoms with Gasteiger partial charge in [0.05, 0.1) is 16.9 Å². The molecular formula is C22H20N6O. The smallest absolute Gasteiger partial charge is 0.247 e. The maximum atomic E-state index is 12.8. The molecule has 1 atom stereocenters. The number of fused-ring (bicyclic) bond motifs is 2. The summed E-state index contributed by atoms with van der Waals surface area (Å²) in [5, 5.41) is 11.6. The Morgan fingerprint density at radius 1 is 1.14 bits per heavy atom. The highest BCUT2D eigenvalue weighted by Crippen LogP contribution is 2.38. The molecule has 1 aromatic carbocycles. The Morgan fingerprint density at radius 2 is 1.97 bits per heavy atom. The molecule has 1 aliphatic rings. The maximum absolute atomic E-state index is 12.8. The molecule has 4 heterocycles. The van der Waals surface area contributed by atoms with E-state index in [1.807, 2.05) is 55.3 Å². The van der Waals surface area contributed by atoms with Crippen LogP contribution in [0.5, 0.6) is 0 Å². The highest BCUT2D eigenvalue weighted by atomic mass is 16.2. The average molecular weight is 384 g/mol. The molecule has 4 aromatic rings. The number of rotatable bonds is 3. The van der Waals surface area contributed by atoms with Gasteiger partial charge in [-0.1, -0.05) is 6.07 Å². The largest absolute Gasteiger partial charge is 0.361 e. The van der Waals surface area contributed by atoms with Gasteiger partial charge < -0.3 is 10.2 Å². The van der Waals surface area contributed by atoms with Crippen molar-refractivity contribution >= 4 is 28.2 Å². The van der Waals surface area contributed by atoms with Crippen LogP contribution in [0.2, 0.25) is 0 Å². The Balaban J connectivity index is 1.55. The fraction of sp³-hybridized carbons (Fsp3) is 0.182. The zero-order chi connectivity index (χ0) is 20.0. The van der Waals surface area contributed by atoms with Crippen LogP contribution in [0.15, 0.2) is 54.9 Å². The standard InChI is InChI=1S/C22H20N6O/c1-13-4-3-5-15(24-13)10-20-22(29)25-18-12-17-16(11-19(18)28(20)2)21(27-26-17)14-6-8-23-9-7-14/h3-9,11-12,20H,10H2,1-2H3,(H,25,29)(H,26,27). The van der Waals surface area contributed by atoms with E-state index in [1.54, 1.807) is 12.4 Å². The molecule has 0 bridgehead atoms. The van der Waals surface area contributed by atoms with Crippen molar-refractivity contribution in [3.63, 3.8) is 0 Å². The lowest BCUT2D eigenvalue weighted by Crippen LogP contribution is -2.47. The predicted molar refractivity (Wildman–Crippen MR) is 113 cm³/mol. The molecule has 144 valence electrons. The first-order valence-electron chi connectivity index (χ1n) is 9.49. The van der Waals surface area contributed by atoms with E-state index < -0.39 is 0 Å². The second-order valence-electron chi connectivity index (χ2n) is 7.31. The lowest BCUT2D eigenvalue weighted by atomic mass is 10.0. The van der Waals surface area contributed by atoms with Crippen LogP contribution in [0.3, 0.4) is 0 Å². The molecule has 1 amide bonds. The number of hydrogen-bond donors (Lipinski definition) is 2. The van der Waals surface area contributed by atoms with Gasteiger partial charge in [-0.3, -0.25) is 19.9 Å². The highest BCUT2D eigenvalue weighted by Gasteiger charge is 2.32.